The molecule has 0 rings (SSSR count). The molecule has 6 heteroatoms. The molecule has 0 bridgehead atoms. The minimum absolute atomic E-state index is 0.671. The van der Waals surface area contributed by atoms with Crippen LogP contribution in [0.25, 0.3) is 0 Å². The second-order valence-corrected chi connectivity index (χ2v) is 7.32. The van der Waals surface area contributed by atoms with Gasteiger partial charge in [0.15, 0.2) is 0 Å². The SMILES string of the molecule is CO[Si](CCCS(C)=O)(OC)OC. The molecule has 0 aliphatic heterocycles. The lowest BCUT2D eigenvalue weighted by Gasteiger charge is -2.23. The van der Waals surface area contributed by atoms with Crippen LogP contribution in [0.15, 0.2) is 0 Å². The van der Waals surface area contributed by atoms with E-state index < -0.39 is 19.6 Å². The molecule has 0 aromatic heterocycles. The highest BCUT2D eigenvalue weighted by molar-refractivity contribution is 7.84. The van der Waals surface area contributed by atoms with Gasteiger partial charge in [0, 0.05) is 50.2 Å². The van der Waals surface area contributed by atoms with Crippen LogP contribution in [0.2, 0.25) is 6.04 Å². The first kappa shape index (κ1) is 13.2. The van der Waals surface area contributed by atoms with E-state index in [1.165, 1.54) is 0 Å². The molecule has 0 fully saturated rings. The van der Waals surface area contributed by atoms with E-state index in [-0.39, 0.29) is 0 Å². The Kier molecular flexibility index (Phi) is 6.79. The highest BCUT2D eigenvalue weighted by Crippen LogP contribution is 2.14. The zero-order valence-electron chi connectivity index (χ0n) is 8.66. The second-order valence-electron chi connectivity index (χ2n) is 2.68. The molecular weight excluding hydrogens is 208 g/mol. The maximum absolute atomic E-state index is 10.8. The lowest BCUT2D eigenvalue weighted by atomic mass is 10.6. The summed E-state index contributed by atoms with van der Waals surface area (Å²) in [5.74, 6) is 0.671. The zero-order valence-corrected chi connectivity index (χ0v) is 10.5. The van der Waals surface area contributed by atoms with Crippen molar-refractivity contribution >= 4 is 19.6 Å². The van der Waals surface area contributed by atoms with Crippen LogP contribution in [0.3, 0.4) is 0 Å². The average molecular weight is 226 g/mol. The molecule has 0 N–H and O–H groups in total. The molecule has 0 aromatic rings. The van der Waals surface area contributed by atoms with Crippen molar-refractivity contribution in [2.45, 2.75) is 12.5 Å². The summed E-state index contributed by atoms with van der Waals surface area (Å²) in [6, 6.07) is 0.718. The van der Waals surface area contributed by atoms with Gasteiger partial charge in [-0.05, 0) is 6.42 Å². The van der Waals surface area contributed by atoms with Gasteiger partial charge in [-0.15, -0.1) is 0 Å². The van der Waals surface area contributed by atoms with Crippen LogP contribution >= 0.6 is 0 Å². The predicted octanol–water partition coefficient (Wildman–Crippen LogP) is 0.633. The fourth-order valence-corrected chi connectivity index (χ4v) is 3.58. The fourth-order valence-electron chi connectivity index (χ4n) is 1.05. The van der Waals surface area contributed by atoms with Crippen molar-refractivity contribution in [1.29, 1.82) is 0 Å². The molecule has 0 amide bonds. The van der Waals surface area contributed by atoms with Crippen LogP contribution in [-0.2, 0) is 24.1 Å². The highest BCUT2D eigenvalue weighted by Gasteiger charge is 2.36. The average Bonchev–Trinajstić information content (AvgIpc) is 2.13. The molecule has 13 heavy (non-hydrogen) atoms. The molecule has 80 valence electrons. The molecule has 0 saturated heterocycles. The summed E-state index contributed by atoms with van der Waals surface area (Å²) in [5, 5.41) is 0. The van der Waals surface area contributed by atoms with Crippen molar-refractivity contribution in [3.8, 4) is 0 Å². The van der Waals surface area contributed by atoms with Gasteiger partial charge in [0.05, 0.1) is 0 Å². The summed E-state index contributed by atoms with van der Waals surface area (Å²) < 4.78 is 26.4. The molecule has 0 aliphatic rings. The molecule has 0 aromatic carbocycles. The van der Waals surface area contributed by atoms with E-state index in [1.54, 1.807) is 27.6 Å². The lowest BCUT2D eigenvalue weighted by Crippen LogP contribution is -2.42. The Balaban J connectivity index is 3.88. The summed E-state index contributed by atoms with van der Waals surface area (Å²) in [4.78, 5) is 0. The number of hydrogen-bond donors (Lipinski definition) is 0. The van der Waals surface area contributed by atoms with Crippen LogP contribution in [0.4, 0.5) is 0 Å². The fraction of sp³-hybridized carbons (Fsp3) is 1.00. The molecule has 1 atom stereocenters. The maximum atomic E-state index is 10.8. The smallest absolute Gasteiger partial charge is 0.377 e. The van der Waals surface area contributed by atoms with E-state index in [4.69, 9.17) is 13.3 Å². The van der Waals surface area contributed by atoms with Crippen molar-refractivity contribution in [3.63, 3.8) is 0 Å². The van der Waals surface area contributed by atoms with E-state index in [0.29, 0.717) is 5.75 Å². The van der Waals surface area contributed by atoms with Gasteiger partial charge in [0.25, 0.3) is 0 Å². The van der Waals surface area contributed by atoms with Gasteiger partial charge in [0.1, 0.15) is 0 Å². The third kappa shape index (κ3) is 4.87. The number of hydrogen-bond acceptors (Lipinski definition) is 4. The van der Waals surface area contributed by atoms with E-state index in [0.717, 1.165) is 12.5 Å². The normalized spacial score (nSPS) is 14.5. The van der Waals surface area contributed by atoms with Crippen molar-refractivity contribution < 1.29 is 17.5 Å². The van der Waals surface area contributed by atoms with Gasteiger partial charge in [-0.25, -0.2) is 0 Å². The third-order valence-corrected chi connectivity index (χ3v) is 5.54. The van der Waals surface area contributed by atoms with E-state index in [2.05, 4.69) is 0 Å². The molecule has 1 unspecified atom stereocenters. The standard InChI is InChI=1S/C7H18O4SSi/c1-9-13(10-2,11-3)7-5-6-12(4)8/h5-7H2,1-4H3. The quantitative estimate of drug-likeness (QED) is 0.597. The minimum atomic E-state index is -2.42. The second kappa shape index (κ2) is 6.66. The molecule has 0 radical (unpaired) electrons. The Bertz CT molecular complexity index is 152. The van der Waals surface area contributed by atoms with Crippen LogP contribution in [0.5, 0.6) is 0 Å². The van der Waals surface area contributed by atoms with Crippen LogP contribution < -0.4 is 0 Å². The Morgan fingerprint density at radius 3 is 1.92 bits per heavy atom. The van der Waals surface area contributed by atoms with Crippen LogP contribution in [0, 0.1) is 0 Å². The van der Waals surface area contributed by atoms with Crippen molar-refractivity contribution in [3.05, 3.63) is 0 Å². The first-order valence-corrected chi connectivity index (χ1v) is 7.71. The van der Waals surface area contributed by atoms with Gasteiger partial charge >= 0.3 is 8.80 Å². The van der Waals surface area contributed by atoms with Crippen molar-refractivity contribution in [2.24, 2.45) is 0 Å². The highest BCUT2D eigenvalue weighted by atomic mass is 32.2. The van der Waals surface area contributed by atoms with Gasteiger partial charge < -0.3 is 13.3 Å². The first-order valence-electron chi connectivity index (χ1n) is 4.05. The van der Waals surface area contributed by atoms with Gasteiger partial charge in [0.2, 0.25) is 0 Å². The molecule has 0 heterocycles. The third-order valence-electron chi connectivity index (χ3n) is 1.85. The molecule has 0 aliphatic carbocycles. The predicted molar refractivity (Wildman–Crippen MR) is 55.1 cm³/mol. The van der Waals surface area contributed by atoms with Gasteiger partial charge in [-0.1, -0.05) is 0 Å². The van der Waals surface area contributed by atoms with Crippen molar-refractivity contribution in [1.82, 2.24) is 0 Å². The first-order chi connectivity index (χ1) is 6.10. The summed E-state index contributed by atoms with van der Waals surface area (Å²) >= 11 is 0. The zero-order chi connectivity index (χ0) is 10.3. The Morgan fingerprint density at radius 1 is 1.15 bits per heavy atom. The summed E-state index contributed by atoms with van der Waals surface area (Å²) in [6.07, 6.45) is 2.50. The summed E-state index contributed by atoms with van der Waals surface area (Å²) in [6.45, 7) is 0. The Labute approximate surface area is 83.4 Å². The number of rotatable bonds is 7. The van der Waals surface area contributed by atoms with E-state index >= 15 is 0 Å². The van der Waals surface area contributed by atoms with E-state index in [9.17, 15) is 4.21 Å². The lowest BCUT2D eigenvalue weighted by molar-refractivity contribution is 0.123. The van der Waals surface area contributed by atoms with Crippen LogP contribution in [-0.4, -0.2) is 46.4 Å². The Morgan fingerprint density at radius 2 is 1.62 bits per heavy atom. The largest absolute Gasteiger partial charge is 0.500 e. The maximum Gasteiger partial charge on any atom is 0.500 e. The molecule has 4 nitrogen and oxygen atoms in total. The van der Waals surface area contributed by atoms with Gasteiger partial charge in [-0.3, -0.25) is 4.21 Å². The Hall–Kier alpha value is 0.247. The van der Waals surface area contributed by atoms with Crippen molar-refractivity contribution in [2.75, 3.05) is 33.3 Å². The summed E-state index contributed by atoms with van der Waals surface area (Å²) in [7, 11) is 1.59. The monoisotopic (exact) mass is 226 g/mol. The van der Waals surface area contributed by atoms with Crippen LogP contribution in [0.1, 0.15) is 6.42 Å². The topological polar surface area (TPSA) is 44.8 Å². The molecule has 0 spiro atoms. The molecular formula is C7H18O4SSi. The molecule has 0 saturated carbocycles. The van der Waals surface area contributed by atoms with E-state index in [1.807, 2.05) is 0 Å². The minimum Gasteiger partial charge on any atom is -0.377 e. The summed E-state index contributed by atoms with van der Waals surface area (Å²) in [5.41, 5.74) is 0. The van der Waals surface area contributed by atoms with Gasteiger partial charge in [-0.2, -0.15) is 0 Å².